The number of benzene rings is 1. The zero-order valence-electron chi connectivity index (χ0n) is 9.91. The molecule has 1 aromatic heterocycles. The van der Waals surface area contributed by atoms with Crippen molar-refractivity contribution in [3.63, 3.8) is 0 Å². The molecule has 0 unspecified atom stereocenters. The van der Waals surface area contributed by atoms with E-state index in [1.54, 1.807) is 16.7 Å². The number of carbonyl (C=O) groups is 1. The van der Waals surface area contributed by atoms with Crippen LogP contribution in [0.3, 0.4) is 0 Å². The summed E-state index contributed by atoms with van der Waals surface area (Å²) < 4.78 is 0. The minimum atomic E-state index is -0.164. The molecule has 2 heterocycles. The summed E-state index contributed by atoms with van der Waals surface area (Å²) in [5.41, 5.74) is 1.19. The van der Waals surface area contributed by atoms with Crippen LogP contribution in [0.25, 0.3) is 0 Å². The van der Waals surface area contributed by atoms with Gasteiger partial charge in [-0.3, -0.25) is 9.78 Å². The first-order chi connectivity index (χ1) is 9.25. The molecule has 1 aliphatic heterocycles. The van der Waals surface area contributed by atoms with Crippen molar-refractivity contribution in [1.82, 2.24) is 9.97 Å². The zero-order valence-corrected chi connectivity index (χ0v) is 11.5. The molecular formula is C13H10ClN3OS. The number of amides is 1. The van der Waals surface area contributed by atoms with Crippen molar-refractivity contribution >= 4 is 35.0 Å². The Morgan fingerprint density at radius 1 is 1.32 bits per heavy atom. The molecule has 0 atom stereocenters. The smallest absolute Gasteiger partial charge is 0.278 e. The minimum Gasteiger partial charge on any atom is -0.305 e. The molecular weight excluding hydrogens is 282 g/mol. The first-order valence-corrected chi connectivity index (χ1v) is 7.13. The van der Waals surface area contributed by atoms with Gasteiger partial charge in [-0.05, 0) is 12.1 Å². The predicted molar refractivity (Wildman–Crippen MR) is 75.9 cm³/mol. The SMILES string of the molecule is O=C(c1cncc(Cl)n1)N1CCSc2ccccc21. The van der Waals surface area contributed by atoms with Crippen LogP contribution in [-0.4, -0.2) is 28.2 Å². The van der Waals surface area contributed by atoms with Crippen LogP contribution >= 0.6 is 23.4 Å². The molecule has 0 saturated carbocycles. The summed E-state index contributed by atoms with van der Waals surface area (Å²) in [6.45, 7) is 0.661. The van der Waals surface area contributed by atoms with Gasteiger partial charge in [-0.1, -0.05) is 23.7 Å². The van der Waals surface area contributed by atoms with Crippen LogP contribution in [0.4, 0.5) is 5.69 Å². The van der Waals surface area contributed by atoms with Crippen molar-refractivity contribution in [2.75, 3.05) is 17.2 Å². The van der Waals surface area contributed by atoms with Crippen LogP contribution in [0.2, 0.25) is 5.15 Å². The number of hydrogen-bond acceptors (Lipinski definition) is 4. The molecule has 3 rings (SSSR count). The summed E-state index contributed by atoms with van der Waals surface area (Å²) in [5, 5.41) is 0.227. The molecule has 96 valence electrons. The van der Waals surface area contributed by atoms with E-state index in [-0.39, 0.29) is 16.8 Å². The summed E-state index contributed by atoms with van der Waals surface area (Å²) in [6.07, 6.45) is 2.86. The molecule has 19 heavy (non-hydrogen) atoms. The Hall–Kier alpha value is -1.59. The maximum absolute atomic E-state index is 12.5. The third kappa shape index (κ3) is 2.43. The van der Waals surface area contributed by atoms with Crippen LogP contribution in [0.15, 0.2) is 41.6 Å². The van der Waals surface area contributed by atoms with Crippen molar-refractivity contribution in [2.45, 2.75) is 4.90 Å². The monoisotopic (exact) mass is 291 g/mol. The van der Waals surface area contributed by atoms with E-state index in [1.165, 1.54) is 12.4 Å². The summed E-state index contributed by atoms with van der Waals surface area (Å²) in [5.74, 6) is 0.708. The van der Waals surface area contributed by atoms with Gasteiger partial charge in [-0.25, -0.2) is 4.98 Å². The van der Waals surface area contributed by atoms with Gasteiger partial charge in [0.15, 0.2) is 0 Å². The molecule has 4 nitrogen and oxygen atoms in total. The Kier molecular flexibility index (Phi) is 3.40. The van der Waals surface area contributed by atoms with Gasteiger partial charge in [0.2, 0.25) is 0 Å². The van der Waals surface area contributed by atoms with E-state index in [0.29, 0.717) is 6.54 Å². The Balaban J connectivity index is 1.98. The molecule has 1 amide bonds. The van der Waals surface area contributed by atoms with Crippen molar-refractivity contribution < 1.29 is 4.79 Å². The lowest BCUT2D eigenvalue weighted by Crippen LogP contribution is -2.36. The lowest BCUT2D eigenvalue weighted by molar-refractivity contribution is 0.0982. The van der Waals surface area contributed by atoms with Gasteiger partial charge < -0.3 is 4.90 Å². The number of anilines is 1. The van der Waals surface area contributed by atoms with Crippen molar-refractivity contribution in [2.24, 2.45) is 0 Å². The summed E-state index contributed by atoms with van der Waals surface area (Å²) in [7, 11) is 0. The Morgan fingerprint density at radius 2 is 2.16 bits per heavy atom. The number of rotatable bonds is 1. The summed E-state index contributed by atoms with van der Waals surface area (Å²) in [4.78, 5) is 23.2. The highest BCUT2D eigenvalue weighted by Gasteiger charge is 2.24. The molecule has 0 N–H and O–H groups in total. The van der Waals surface area contributed by atoms with Gasteiger partial charge in [0.05, 0.1) is 18.1 Å². The van der Waals surface area contributed by atoms with Gasteiger partial charge in [-0.15, -0.1) is 11.8 Å². The van der Waals surface area contributed by atoms with Gasteiger partial charge in [0.1, 0.15) is 10.8 Å². The van der Waals surface area contributed by atoms with Crippen LogP contribution in [0, 0.1) is 0 Å². The average Bonchev–Trinajstić information content (AvgIpc) is 2.46. The molecule has 1 aliphatic rings. The molecule has 0 bridgehead atoms. The lowest BCUT2D eigenvalue weighted by atomic mass is 10.2. The van der Waals surface area contributed by atoms with Crippen LogP contribution < -0.4 is 4.90 Å². The third-order valence-electron chi connectivity index (χ3n) is 2.80. The lowest BCUT2D eigenvalue weighted by Gasteiger charge is -2.28. The van der Waals surface area contributed by atoms with E-state index in [0.717, 1.165) is 16.3 Å². The number of hydrogen-bond donors (Lipinski definition) is 0. The predicted octanol–water partition coefficient (Wildman–Crippen LogP) is 2.88. The number of aromatic nitrogens is 2. The van der Waals surface area contributed by atoms with Crippen LogP contribution in [0.5, 0.6) is 0 Å². The molecule has 1 aromatic carbocycles. The Morgan fingerprint density at radius 3 is 3.00 bits per heavy atom. The highest BCUT2D eigenvalue weighted by atomic mass is 35.5. The Bertz CT molecular complexity index is 635. The number of fused-ring (bicyclic) bond motifs is 1. The molecule has 0 radical (unpaired) electrons. The summed E-state index contributed by atoms with van der Waals surface area (Å²) in [6, 6.07) is 7.86. The van der Waals surface area contributed by atoms with E-state index >= 15 is 0 Å². The van der Waals surface area contributed by atoms with E-state index < -0.39 is 0 Å². The fraction of sp³-hybridized carbons (Fsp3) is 0.154. The number of carbonyl (C=O) groups excluding carboxylic acids is 1. The largest absolute Gasteiger partial charge is 0.305 e. The van der Waals surface area contributed by atoms with Crippen molar-refractivity contribution in [1.29, 1.82) is 0 Å². The number of halogens is 1. The minimum absolute atomic E-state index is 0.164. The van der Waals surface area contributed by atoms with Gasteiger partial charge in [0, 0.05) is 17.2 Å². The molecule has 0 spiro atoms. The molecule has 0 saturated heterocycles. The second kappa shape index (κ2) is 5.19. The highest BCUT2D eigenvalue weighted by Crippen LogP contribution is 2.34. The Labute approximate surface area is 119 Å². The molecule has 0 aliphatic carbocycles. The van der Waals surface area contributed by atoms with E-state index in [1.807, 2.05) is 24.3 Å². The number of para-hydroxylation sites is 1. The first kappa shape index (κ1) is 12.4. The van der Waals surface area contributed by atoms with Crippen LogP contribution in [-0.2, 0) is 0 Å². The van der Waals surface area contributed by atoms with Gasteiger partial charge in [0.25, 0.3) is 5.91 Å². The molecule has 2 aromatic rings. The third-order valence-corrected chi connectivity index (χ3v) is 4.02. The van der Waals surface area contributed by atoms with E-state index in [2.05, 4.69) is 9.97 Å². The standard InChI is InChI=1S/C13H10ClN3OS/c14-12-8-15-7-9(16-12)13(18)17-5-6-19-11-4-2-1-3-10(11)17/h1-4,7-8H,5-6H2. The average molecular weight is 292 g/mol. The quantitative estimate of drug-likeness (QED) is 0.810. The second-order valence-corrected chi connectivity index (χ2v) is 5.52. The maximum atomic E-state index is 12.5. The van der Waals surface area contributed by atoms with Crippen molar-refractivity contribution in [3.05, 3.63) is 47.5 Å². The highest BCUT2D eigenvalue weighted by molar-refractivity contribution is 7.99. The summed E-state index contributed by atoms with van der Waals surface area (Å²) >= 11 is 7.53. The van der Waals surface area contributed by atoms with Crippen molar-refractivity contribution in [3.8, 4) is 0 Å². The van der Waals surface area contributed by atoms with Gasteiger partial charge >= 0.3 is 0 Å². The first-order valence-electron chi connectivity index (χ1n) is 5.77. The number of thioether (sulfide) groups is 1. The fourth-order valence-electron chi connectivity index (χ4n) is 1.96. The normalized spacial score (nSPS) is 14.1. The fourth-order valence-corrected chi connectivity index (χ4v) is 3.11. The zero-order chi connectivity index (χ0) is 13.2. The van der Waals surface area contributed by atoms with E-state index in [4.69, 9.17) is 11.6 Å². The molecule has 6 heteroatoms. The van der Waals surface area contributed by atoms with Gasteiger partial charge in [-0.2, -0.15) is 0 Å². The molecule has 0 fully saturated rings. The second-order valence-electron chi connectivity index (χ2n) is 4.00. The van der Waals surface area contributed by atoms with Crippen LogP contribution in [0.1, 0.15) is 10.5 Å². The maximum Gasteiger partial charge on any atom is 0.278 e. The number of nitrogens with zero attached hydrogens (tertiary/aromatic N) is 3. The topological polar surface area (TPSA) is 46.1 Å². The van der Waals surface area contributed by atoms with E-state index in [9.17, 15) is 4.79 Å².